The maximum absolute atomic E-state index is 12.6. The lowest BCUT2D eigenvalue weighted by molar-refractivity contribution is 0.438. The average Bonchev–Trinajstić information content (AvgIpc) is 2.08. The van der Waals surface area contributed by atoms with Crippen LogP contribution in [0.5, 0.6) is 0 Å². The van der Waals surface area contributed by atoms with Crippen molar-refractivity contribution in [2.24, 2.45) is 0 Å². The Balaban J connectivity index is 3.60. The molecule has 0 saturated carbocycles. The van der Waals surface area contributed by atoms with Crippen LogP contribution in [-0.2, 0) is 0 Å². The molecule has 12 heavy (non-hydrogen) atoms. The summed E-state index contributed by atoms with van der Waals surface area (Å²) in [6, 6.07) is 0. The summed E-state index contributed by atoms with van der Waals surface area (Å²) in [7, 11) is 0. The molecule has 0 spiro atoms. The molecule has 0 aliphatic heterocycles. The van der Waals surface area contributed by atoms with Gasteiger partial charge in [0.2, 0.25) is 0 Å². The molecule has 0 atom stereocenters. The van der Waals surface area contributed by atoms with Crippen molar-refractivity contribution < 1.29 is 17.6 Å². The molecular formula is C7H3BrF4. The molecule has 66 valence electrons. The zero-order valence-corrected chi connectivity index (χ0v) is 7.48. The molecule has 0 nitrogen and oxygen atoms in total. The van der Waals surface area contributed by atoms with E-state index >= 15 is 0 Å². The van der Waals surface area contributed by atoms with E-state index in [1.54, 1.807) is 0 Å². The minimum absolute atomic E-state index is 0.659. The molecule has 0 fully saturated rings. The third kappa shape index (κ3) is 1.22. The number of hydrogen-bond donors (Lipinski definition) is 0. The van der Waals surface area contributed by atoms with Crippen LogP contribution in [0.1, 0.15) is 5.56 Å². The van der Waals surface area contributed by atoms with Gasteiger partial charge in [0.15, 0.2) is 23.3 Å². The van der Waals surface area contributed by atoms with Gasteiger partial charge in [-0.05, 0) is 22.9 Å². The van der Waals surface area contributed by atoms with Crippen LogP contribution in [-0.4, -0.2) is 0 Å². The van der Waals surface area contributed by atoms with Crippen LogP contribution in [0.15, 0.2) is 4.47 Å². The topological polar surface area (TPSA) is 0 Å². The first-order valence-electron chi connectivity index (χ1n) is 2.94. The highest BCUT2D eigenvalue weighted by atomic mass is 79.9. The minimum atomic E-state index is -1.41. The van der Waals surface area contributed by atoms with Gasteiger partial charge in [0, 0.05) is 5.56 Å². The maximum Gasteiger partial charge on any atom is 0.176 e. The Morgan fingerprint density at radius 3 is 1.50 bits per heavy atom. The highest BCUT2D eigenvalue weighted by Gasteiger charge is 2.20. The molecule has 0 N–H and O–H groups in total. The van der Waals surface area contributed by atoms with Crippen LogP contribution in [0, 0.1) is 30.2 Å². The number of rotatable bonds is 0. The van der Waals surface area contributed by atoms with Crippen molar-refractivity contribution in [1.82, 2.24) is 0 Å². The molecule has 0 radical (unpaired) electrons. The van der Waals surface area contributed by atoms with Gasteiger partial charge in [-0.2, -0.15) is 0 Å². The number of benzene rings is 1. The van der Waals surface area contributed by atoms with Crippen molar-refractivity contribution in [2.75, 3.05) is 0 Å². The summed E-state index contributed by atoms with van der Waals surface area (Å²) in [4.78, 5) is 0. The van der Waals surface area contributed by atoms with Crippen LogP contribution in [0.4, 0.5) is 17.6 Å². The normalized spacial score (nSPS) is 10.5. The van der Waals surface area contributed by atoms with Crippen molar-refractivity contribution in [3.8, 4) is 0 Å². The highest BCUT2D eigenvalue weighted by molar-refractivity contribution is 9.10. The Hall–Kier alpha value is -0.580. The SMILES string of the molecule is Cc1c(F)c(F)c(Br)c(F)c1F. The Kier molecular flexibility index (Phi) is 2.41. The minimum Gasteiger partial charge on any atom is -0.203 e. The van der Waals surface area contributed by atoms with Crippen LogP contribution in [0.3, 0.4) is 0 Å². The molecule has 1 aromatic carbocycles. The van der Waals surface area contributed by atoms with E-state index < -0.39 is 33.3 Å². The molecule has 5 heteroatoms. The molecular weight excluding hydrogens is 240 g/mol. The van der Waals surface area contributed by atoms with E-state index in [1.807, 2.05) is 0 Å². The van der Waals surface area contributed by atoms with E-state index in [2.05, 4.69) is 15.9 Å². The summed E-state index contributed by atoms with van der Waals surface area (Å²) < 4.78 is 49.6. The first kappa shape index (κ1) is 9.51. The molecule has 0 amide bonds. The lowest BCUT2D eigenvalue weighted by atomic mass is 10.2. The van der Waals surface area contributed by atoms with E-state index in [4.69, 9.17) is 0 Å². The molecule has 1 aromatic rings. The standard InChI is InChI=1S/C7H3BrF4/c1-2-4(9)6(11)3(8)7(12)5(2)10/h1H3. The molecule has 1 rings (SSSR count). The van der Waals surface area contributed by atoms with E-state index in [-0.39, 0.29) is 0 Å². The van der Waals surface area contributed by atoms with E-state index in [0.29, 0.717) is 0 Å². The molecule has 0 heterocycles. The van der Waals surface area contributed by atoms with Crippen LogP contribution in [0.2, 0.25) is 0 Å². The average molecular weight is 243 g/mol. The second-order valence-corrected chi connectivity index (χ2v) is 2.99. The third-order valence-electron chi connectivity index (χ3n) is 1.43. The Labute approximate surface area is 74.3 Å². The highest BCUT2D eigenvalue weighted by Crippen LogP contribution is 2.27. The zero-order chi connectivity index (χ0) is 9.46. The third-order valence-corrected chi connectivity index (χ3v) is 2.13. The maximum atomic E-state index is 12.6. The van der Waals surface area contributed by atoms with Gasteiger partial charge in [0.1, 0.15) is 0 Å². The number of hydrogen-bond acceptors (Lipinski definition) is 0. The van der Waals surface area contributed by atoms with Crippen molar-refractivity contribution in [2.45, 2.75) is 6.92 Å². The first-order chi connectivity index (χ1) is 5.46. The predicted octanol–water partition coefficient (Wildman–Crippen LogP) is 3.31. The fourth-order valence-electron chi connectivity index (χ4n) is 0.715. The molecule has 0 aliphatic carbocycles. The van der Waals surface area contributed by atoms with Crippen molar-refractivity contribution >= 4 is 15.9 Å². The molecule has 0 aromatic heterocycles. The van der Waals surface area contributed by atoms with Crippen molar-refractivity contribution in [3.05, 3.63) is 33.3 Å². The van der Waals surface area contributed by atoms with Gasteiger partial charge in [-0.1, -0.05) is 0 Å². The lowest BCUT2D eigenvalue weighted by Gasteiger charge is -2.03. The van der Waals surface area contributed by atoms with E-state index in [9.17, 15) is 17.6 Å². The van der Waals surface area contributed by atoms with Gasteiger partial charge in [-0.25, -0.2) is 17.6 Å². The van der Waals surface area contributed by atoms with E-state index in [0.717, 1.165) is 6.92 Å². The summed E-state index contributed by atoms with van der Waals surface area (Å²) in [5.41, 5.74) is -0.659. The summed E-state index contributed by atoms with van der Waals surface area (Å²) in [5, 5.41) is 0. The second kappa shape index (κ2) is 3.05. The monoisotopic (exact) mass is 242 g/mol. The lowest BCUT2D eigenvalue weighted by Crippen LogP contribution is -2.00. The van der Waals surface area contributed by atoms with Gasteiger partial charge >= 0.3 is 0 Å². The van der Waals surface area contributed by atoms with Crippen molar-refractivity contribution in [1.29, 1.82) is 0 Å². The second-order valence-electron chi connectivity index (χ2n) is 2.19. The van der Waals surface area contributed by atoms with Gasteiger partial charge in [0.25, 0.3) is 0 Å². The zero-order valence-electron chi connectivity index (χ0n) is 5.89. The largest absolute Gasteiger partial charge is 0.203 e. The summed E-state index contributed by atoms with van der Waals surface area (Å²) in [5.74, 6) is -5.57. The molecule has 0 unspecified atom stereocenters. The summed E-state index contributed by atoms with van der Waals surface area (Å²) >= 11 is 2.38. The van der Waals surface area contributed by atoms with E-state index in [1.165, 1.54) is 0 Å². The predicted molar refractivity (Wildman–Crippen MR) is 38.7 cm³/mol. The Morgan fingerprint density at radius 2 is 1.17 bits per heavy atom. The van der Waals surface area contributed by atoms with Gasteiger partial charge < -0.3 is 0 Å². The molecule has 0 aliphatic rings. The van der Waals surface area contributed by atoms with Gasteiger partial charge in [-0.3, -0.25) is 0 Å². The molecule has 0 bridgehead atoms. The summed E-state index contributed by atoms with van der Waals surface area (Å²) in [6.07, 6.45) is 0. The number of halogens is 5. The van der Waals surface area contributed by atoms with Crippen LogP contribution >= 0.6 is 15.9 Å². The smallest absolute Gasteiger partial charge is 0.176 e. The first-order valence-corrected chi connectivity index (χ1v) is 3.74. The fraction of sp³-hybridized carbons (Fsp3) is 0.143. The Bertz CT molecular complexity index is 230. The Morgan fingerprint density at radius 1 is 0.833 bits per heavy atom. The van der Waals surface area contributed by atoms with Crippen LogP contribution in [0.25, 0.3) is 0 Å². The summed E-state index contributed by atoms with van der Waals surface area (Å²) in [6.45, 7) is 0.962. The van der Waals surface area contributed by atoms with Gasteiger partial charge in [0.05, 0.1) is 4.47 Å². The fourth-order valence-corrected chi connectivity index (χ4v) is 1.06. The van der Waals surface area contributed by atoms with Gasteiger partial charge in [-0.15, -0.1) is 0 Å². The molecule has 0 saturated heterocycles. The van der Waals surface area contributed by atoms with Crippen LogP contribution < -0.4 is 0 Å². The van der Waals surface area contributed by atoms with Crippen molar-refractivity contribution in [3.63, 3.8) is 0 Å². The quantitative estimate of drug-likeness (QED) is 0.372.